The largest absolute Gasteiger partial charge is 0.481 e. The molecule has 150 valence electrons. The Hall–Kier alpha value is -2.43. The van der Waals surface area contributed by atoms with Crippen LogP contribution >= 0.6 is 39.9 Å². The first-order chi connectivity index (χ1) is 13.7. The van der Waals surface area contributed by atoms with Crippen LogP contribution in [0.2, 0.25) is 0 Å². The maximum absolute atomic E-state index is 12.7. The first kappa shape index (κ1) is 21.3. The van der Waals surface area contributed by atoms with Gasteiger partial charge in [-0.2, -0.15) is 0 Å². The highest BCUT2D eigenvalue weighted by molar-refractivity contribution is 9.10. The van der Waals surface area contributed by atoms with Gasteiger partial charge in [0.15, 0.2) is 0 Å². The second-order valence-corrected chi connectivity index (χ2v) is 8.72. The van der Waals surface area contributed by atoms with Crippen molar-refractivity contribution in [2.75, 3.05) is 0 Å². The summed E-state index contributed by atoms with van der Waals surface area (Å²) in [6.45, 7) is 1.97. The average molecular weight is 496 g/mol. The number of halogens is 1. The van der Waals surface area contributed by atoms with E-state index in [9.17, 15) is 19.5 Å². The minimum absolute atomic E-state index is 0.0111. The van der Waals surface area contributed by atoms with E-state index in [1.54, 1.807) is 12.1 Å². The third kappa shape index (κ3) is 4.60. The molecule has 10 heteroatoms. The van der Waals surface area contributed by atoms with E-state index in [-0.39, 0.29) is 9.23 Å². The fraction of sp³-hybridized carbons (Fsp3) is 0.158. The van der Waals surface area contributed by atoms with Crippen LogP contribution in [0.4, 0.5) is 0 Å². The van der Waals surface area contributed by atoms with Gasteiger partial charge in [0, 0.05) is 16.1 Å². The minimum atomic E-state index is -1.57. The van der Waals surface area contributed by atoms with Crippen LogP contribution in [-0.4, -0.2) is 43.3 Å². The normalized spacial score (nSPS) is 16.5. The molecule has 1 atom stereocenters. The van der Waals surface area contributed by atoms with Crippen molar-refractivity contribution < 1.29 is 29.0 Å². The number of aryl methyl sites for hydroxylation is 1. The number of thioether (sulfide) groups is 1. The van der Waals surface area contributed by atoms with E-state index in [1.165, 1.54) is 6.08 Å². The summed E-state index contributed by atoms with van der Waals surface area (Å²) < 4.78 is 6.65. The molecule has 29 heavy (non-hydrogen) atoms. The van der Waals surface area contributed by atoms with Gasteiger partial charge in [0.2, 0.25) is 0 Å². The number of amides is 1. The molecular weight excluding hydrogens is 482 g/mol. The number of thiocarbonyl (C=S) groups is 1. The zero-order valence-electron chi connectivity index (χ0n) is 14.9. The fourth-order valence-corrected chi connectivity index (χ4v) is 4.75. The maximum Gasteiger partial charge on any atom is 0.327 e. The zero-order chi connectivity index (χ0) is 21.3. The number of furan rings is 1. The third-order valence-corrected chi connectivity index (χ3v) is 6.06. The van der Waals surface area contributed by atoms with E-state index >= 15 is 0 Å². The summed E-state index contributed by atoms with van der Waals surface area (Å²) in [4.78, 5) is 36.0. The third-order valence-electron chi connectivity index (χ3n) is 4.08. The van der Waals surface area contributed by atoms with Gasteiger partial charge in [-0.15, -0.1) is 0 Å². The maximum atomic E-state index is 12.7. The highest BCUT2D eigenvalue weighted by atomic mass is 79.9. The number of carboxylic acids is 2. The van der Waals surface area contributed by atoms with E-state index in [1.807, 2.05) is 25.1 Å². The number of benzene rings is 1. The summed E-state index contributed by atoms with van der Waals surface area (Å²) in [6.07, 6.45) is 0.714. The van der Waals surface area contributed by atoms with Gasteiger partial charge in [0.25, 0.3) is 5.91 Å². The van der Waals surface area contributed by atoms with Crippen LogP contribution in [0.3, 0.4) is 0 Å². The minimum Gasteiger partial charge on any atom is -0.481 e. The summed E-state index contributed by atoms with van der Waals surface area (Å²) in [7, 11) is 0. The number of hydrogen-bond donors (Lipinski definition) is 2. The SMILES string of the molecule is Cc1ccc(-c2ccc(/C=C3/SC(=S)N(C(CC(=O)O)C(=O)O)C3=O)o2)c(Br)c1. The number of aliphatic carboxylic acids is 2. The standard InChI is InChI=1S/C19H14BrNO6S2/c1-9-2-4-11(12(20)6-9)14-5-3-10(27-14)7-15-17(24)21(19(28)29-15)13(18(25)26)8-16(22)23/h2-7,13H,8H2,1H3,(H,22,23)(H,25,26)/b15-7+. The van der Waals surface area contributed by atoms with Crippen molar-refractivity contribution in [2.24, 2.45) is 0 Å². The Labute approximate surface area is 183 Å². The summed E-state index contributed by atoms with van der Waals surface area (Å²) in [5, 5.41) is 18.2. The lowest BCUT2D eigenvalue weighted by atomic mass is 10.1. The van der Waals surface area contributed by atoms with Crippen LogP contribution < -0.4 is 0 Å². The van der Waals surface area contributed by atoms with Gasteiger partial charge in [-0.05, 0) is 36.8 Å². The lowest BCUT2D eigenvalue weighted by molar-refractivity contribution is -0.150. The van der Waals surface area contributed by atoms with Crippen molar-refractivity contribution in [1.29, 1.82) is 0 Å². The van der Waals surface area contributed by atoms with Gasteiger partial charge < -0.3 is 14.6 Å². The molecule has 1 aromatic heterocycles. The molecule has 0 saturated carbocycles. The Morgan fingerprint density at radius 1 is 1.31 bits per heavy atom. The van der Waals surface area contributed by atoms with E-state index < -0.39 is 30.3 Å². The number of carbonyl (C=O) groups excluding carboxylic acids is 1. The molecule has 1 aromatic carbocycles. The van der Waals surface area contributed by atoms with Gasteiger partial charge in [-0.1, -0.05) is 46.0 Å². The van der Waals surface area contributed by atoms with Crippen molar-refractivity contribution >= 4 is 68.2 Å². The molecule has 0 radical (unpaired) electrons. The first-order valence-electron chi connectivity index (χ1n) is 8.25. The molecule has 1 saturated heterocycles. The Balaban J connectivity index is 1.87. The highest BCUT2D eigenvalue weighted by Gasteiger charge is 2.41. The Kier molecular flexibility index (Phi) is 6.25. The highest BCUT2D eigenvalue weighted by Crippen LogP contribution is 2.36. The van der Waals surface area contributed by atoms with Crippen LogP contribution in [-0.2, 0) is 14.4 Å². The molecule has 1 unspecified atom stereocenters. The molecule has 2 N–H and O–H groups in total. The molecule has 0 spiro atoms. The summed E-state index contributed by atoms with van der Waals surface area (Å²) in [5.41, 5.74) is 1.93. The zero-order valence-corrected chi connectivity index (χ0v) is 18.1. The summed E-state index contributed by atoms with van der Waals surface area (Å²) in [6, 6.07) is 7.68. The van der Waals surface area contributed by atoms with E-state index in [2.05, 4.69) is 15.9 Å². The van der Waals surface area contributed by atoms with Crippen molar-refractivity contribution in [3.8, 4) is 11.3 Å². The molecule has 3 rings (SSSR count). The summed E-state index contributed by atoms with van der Waals surface area (Å²) >= 11 is 9.50. The monoisotopic (exact) mass is 495 g/mol. The van der Waals surface area contributed by atoms with Crippen LogP contribution in [0.15, 0.2) is 44.1 Å². The molecule has 1 aliphatic rings. The number of hydrogen-bond acceptors (Lipinski definition) is 6. The quantitative estimate of drug-likeness (QED) is 0.454. The van der Waals surface area contributed by atoms with Crippen molar-refractivity contribution in [3.63, 3.8) is 0 Å². The lowest BCUT2D eigenvalue weighted by Gasteiger charge is -2.21. The fourth-order valence-electron chi connectivity index (χ4n) is 2.73. The smallest absolute Gasteiger partial charge is 0.327 e. The van der Waals surface area contributed by atoms with Gasteiger partial charge in [-0.3, -0.25) is 14.5 Å². The Bertz CT molecular complexity index is 1060. The topological polar surface area (TPSA) is 108 Å². The van der Waals surface area contributed by atoms with E-state index in [4.69, 9.17) is 21.7 Å². The van der Waals surface area contributed by atoms with Crippen molar-refractivity contribution in [1.82, 2.24) is 4.90 Å². The van der Waals surface area contributed by atoms with Crippen LogP contribution in [0.5, 0.6) is 0 Å². The number of nitrogens with zero attached hydrogens (tertiary/aromatic N) is 1. The molecule has 0 aliphatic carbocycles. The number of rotatable bonds is 6. The molecular formula is C19H14BrNO6S2. The predicted molar refractivity (Wildman–Crippen MR) is 115 cm³/mol. The Morgan fingerprint density at radius 2 is 2.03 bits per heavy atom. The number of carbonyl (C=O) groups is 3. The second kappa shape index (κ2) is 8.52. The van der Waals surface area contributed by atoms with Crippen LogP contribution in [0, 0.1) is 6.92 Å². The lowest BCUT2D eigenvalue weighted by Crippen LogP contribution is -2.45. The van der Waals surface area contributed by atoms with Gasteiger partial charge in [0.1, 0.15) is 21.9 Å². The van der Waals surface area contributed by atoms with Crippen molar-refractivity contribution in [2.45, 2.75) is 19.4 Å². The van der Waals surface area contributed by atoms with Gasteiger partial charge in [-0.25, -0.2) is 4.79 Å². The summed E-state index contributed by atoms with van der Waals surface area (Å²) in [5.74, 6) is -2.46. The van der Waals surface area contributed by atoms with E-state index in [0.717, 1.165) is 32.3 Å². The molecule has 0 bridgehead atoms. The van der Waals surface area contributed by atoms with Gasteiger partial charge in [0.05, 0.1) is 11.3 Å². The molecule has 7 nitrogen and oxygen atoms in total. The molecule has 1 fully saturated rings. The Morgan fingerprint density at radius 3 is 2.66 bits per heavy atom. The van der Waals surface area contributed by atoms with Crippen molar-refractivity contribution in [3.05, 3.63) is 51.0 Å². The molecule has 2 heterocycles. The van der Waals surface area contributed by atoms with Crippen LogP contribution in [0.1, 0.15) is 17.7 Å². The van der Waals surface area contributed by atoms with Gasteiger partial charge >= 0.3 is 11.9 Å². The molecule has 2 aromatic rings. The van der Waals surface area contributed by atoms with Crippen LogP contribution in [0.25, 0.3) is 17.4 Å². The molecule has 1 aliphatic heterocycles. The second-order valence-electron chi connectivity index (χ2n) is 6.19. The van der Waals surface area contributed by atoms with E-state index in [0.29, 0.717) is 11.5 Å². The molecule has 1 amide bonds. The first-order valence-corrected chi connectivity index (χ1v) is 10.3. The predicted octanol–water partition coefficient (Wildman–Crippen LogP) is 4.15. The average Bonchev–Trinajstić information content (AvgIpc) is 3.18. The number of carboxylic acid groups (broad SMARTS) is 2.